The zero-order valence-corrected chi connectivity index (χ0v) is 14.0. The first-order valence-electron chi connectivity index (χ1n) is 7.48. The highest BCUT2D eigenvalue weighted by molar-refractivity contribution is 5.96. The van der Waals surface area contributed by atoms with Gasteiger partial charge < -0.3 is 25.2 Å². The summed E-state index contributed by atoms with van der Waals surface area (Å²) in [6.07, 6.45) is 3.60. The summed E-state index contributed by atoms with van der Waals surface area (Å²) in [7, 11) is 4.03. The summed E-state index contributed by atoms with van der Waals surface area (Å²) in [6, 6.07) is 3.47. The van der Waals surface area contributed by atoms with Crippen molar-refractivity contribution in [3.8, 4) is 5.88 Å². The van der Waals surface area contributed by atoms with Crippen LogP contribution in [0.3, 0.4) is 0 Å². The van der Waals surface area contributed by atoms with Crippen molar-refractivity contribution in [2.24, 2.45) is 0 Å². The van der Waals surface area contributed by atoms with Gasteiger partial charge in [0.15, 0.2) is 0 Å². The number of carbonyl (C=O) groups is 3. The number of carbonyl (C=O) groups excluding carboxylic acids is 1. The quantitative estimate of drug-likeness (QED) is 0.643. The first kappa shape index (κ1) is 20.1. The minimum atomic E-state index is -1.26. The molecule has 1 unspecified atom stereocenters. The van der Waals surface area contributed by atoms with Crippen LogP contribution in [0.25, 0.3) is 0 Å². The van der Waals surface area contributed by atoms with Crippen molar-refractivity contribution < 1.29 is 29.3 Å². The molecule has 0 radical (unpaired) electrons. The molecule has 0 saturated heterocycles. The third-order valence-electron chi connectivity index (χ3n) is 3.05. The molecular formula is C16H21N3O6. The van der Waals surface area contributed by atoms with E-state index in [-0.39, 0.29) is 12.0 Å². The van der Waals surface area contributed by atoms with Crippen LogP contribution in [0.15, 0.2) is 30.5 Å². The van der Waals surface area contributed by atoms with E-state index in [0.717, 1.165) is 13.0 Å². The van der Waals surface area contributed by atoms with Crippen molar-refractivity contribution in [2.45, 2.75) is 12.5 Å². The molecule has 0 aromatic carbocycles. The molecule has 1 amide bonds. The number of aromatic nitrogens is 1. The summed E-state index contributed by atoms with van der Waals surface area (Å²) in [5.74, 6) is -2.19. The van der Waals surface area contributed by atoms with E-state index in [1.165, 1.54) is 0 Å². The average Bonchev–Trinajstić information content (AvgIpc) is 2.71. The number of pyridine rings is 1. The van der Waals surface area contributed by atoms with E-state index >= 15 is 0 Å². The van der Waals surface area contributed by atoms with Gasteiger partial charge in [0.2, 0.25) is 5.88 Å². The fourth-order valence-electron chi connectivity index (χ4n) is 1.86. The first-order valence-corrected chi connectivity index (χ1v) is 7.48. The van der Waals surface area contributed by atoms with Gasteiger partial charge in [-0.1, -0.05) is 0 Å². The molecule has 2 rings (SSSR count). The number of aliphatic carboxylic acids is 2. The van der Waals surface area contributed by atoms with Crippen molar-refractivity contribution >= 4 is 17.8 Å². The van der Waals surface area contributed by atoms with Crippen LogP contribution in [0.4, 0.5) is 0 Å². The summed E-state index contributed by atoms with van der Waals surface area (Å²) < 4.78 is 5.76. The summed E-state index contributed by atoms with van der Waals surface area (Å²) in [4.78, 5) is 37.1. The van der Waals surface area contributed by atoms with Gasteiger partial charge in [0.1, 0.15) is 11.7 Å². The van der Waals surface area contributed by atoms with Crippen LogP contribution < -0.4 is 10.1 Å². The predicted molar refractivity (Wildman–Crippen MR) is 88.6 cm³/mol. The SMILES string of the molecule is CN(C)CCC1CNC(=O)c2cccnc2O1.O=C(O)/C=C/C(=O)O. The number of rotatable bonds is 5. The van der Waals surface area contributed by atoms with E-state index in [2.05, 4.69) is 15.2 Å². The number of hydrogen-bond acceptors (Lipinski definition) is 6. The number of amides is 1. The molecule has 1 aliphatic heterocycles. The van der Waals surface area contributed by atoms with Crippen LogP contribution in [0, 0.1) is 0 Å². The molecule has 136 valence electrons. The second kappa shape index (κ2) is 10.0. The van der Waals surface area contributed by atoms with Crippen LogP contribution in [-0.2, 0) is 9.59 Å². The molecule has 1 aromatic rings. The maximum Gasteiger partial charge on any atom is 0.328 e. The minimum absolute atomic E-state index is 0.0162. The zero-order valence-electron chi connectivity index (χ0n) is 14.0. The fraction of sp³-hybridized carbons (Fsp3) is 0.375. The van der Waals surface area contributed by atoms with Crippen LogP contribution in [0.2, 0.25) is 0 Å². The van der Waals surface area contributed by atoms with Gasteiger partial charge in [0.05, 0.1) is 6.54 Å². The Labute approximate surface area is 144 Å². The van der Waals surface area contributed by atoms with Crippen molar-refractivity contribution in [1.29, 1.82) is 0 Å². The molecule has 0 fully saturated rings. The highest BCUT2D eigenvalue weighted by Crippen LogP contribution is 2.19. The smallest absolute Gasteiger partial charge is 0.328 e. The Kier molecular flexibility index (Phi) is 8.07. The lowest BCUT2D eigenvalue weighted by Crippen LogP contribution is -2.34. The minimum Gasteiger partial charge on any atom is -0.478 e. The van der Waals surface area contributed by atoms with Crippen LogP contribution in [-0.4, -0.2) is 71.2 Å². The van der Waals surface area contributed by atoms with E-state index in [9.17, 15) is 14.4 Å². The van der Waals surface area contributed by atoms with Crippen molar-refractivity contribution in [2.75, 3.05) is 27.2 Å². The maximum atomic E-state index is 11.7. The van der Waals surface area contributed by atoms with E-state index in [0.29, 0.717) is 30.1 Å². The Morgan fingerprint density at radius 2 is 2.00 bits per heavy atom. The Morgan fingerprint density at radius 1 is 1.36 bits per heavy atom. The van der Waals surface area contributed by atoms with Gasteiger partial charge >= 0.3 is 11.9 Å². The number of ether oxygens (including phenoxy) is 1. The summed E-state index contributed by atoms with van der Waals surface area (Å²) in [5.41, 5.74) is 0.514. The number of carboxylic acid groups (broad SMARTS) is 2. The topological polar surface area (TPSA) is 129 Å². The highest BCUT2D eigenvalue weighted by Gasteiger charge is 2.22. The lowest BCUT2D eigenvalue weighted by molar-refractivity contribution is -0.134. The molecule has 9 nitrogen and oxygen atoms in total. The molecule has 0 aliphatic carbocycles. The number of fused-ring (bicyclic) bond motifs is 1. The molecule has 2 heterocycles. The third kappa shape index (κ3) is 7.93. The Balaban J connectivity index is 0.000000333. The van der Waals surface area contributed by atoms with Crippen LogP contribution in [0.1, 0.15) is 16.8 Å². The van der Waals surface area contributed by atoms with Crippen molar-refractivity contribution in [1.82, 2.24) is 15.2 Å². The highest BCUT2D eigenvalue weighted by atomic mass is 16.5. The molecular weight excluding hydrogens is 330 g/mol. The van der Waals surface area contributed by atoms with Crippen LogP contribution >= 0.6 is 0 Å². The first-order chi connectivity index (χ1) is 11.8. The second-order valence-corrected chi connectivity index (χ2v) is 5.41. The van der Waals surface area contributed by atoms with E-state index in [1.54, 1.807) is 18.3 Å². The molecule has 0 bridgehead atoms. The van der Waals surface area contributed by atoms with Gasteiger partial charge in [-0.05, 0) is 32.6 Å². The maximum absolute atomic E-state index is 11.7. The van der Waals surface area contributed by atoms with Crippen LogP contribution in [0.5, 0.6) is 5.88 Å². The number of nitrogens with zero attached hydrogens (tertiary/aromatic N) is 2. The van der Waals surface area contributed by atoms with Crippen molar-refractivity contribution in [3.63, 3.8) is 0 Å². The van der Waals surface area contributed by atoms with Gasteiger partial charge in [-0.25, -0.2) is 14.6 Å². The van der Waals surface area contributed by atoms with Gasteiger partial charge in [0, 0.05) is 24.9 Å². The van der Waals surface area contributed by atoms with Gasteiger partial charge in [-0.3, -0.25) is 4.79 Å². The van der Waals surface area contributed by atoms with Gasteiger partial charge in [0.25, 0.3) is 5.91 Å². The number of hydrogen-bond donors (Lipinski definition) is 3. The molecule has 3 N–H and O–H groups in total. The Bertz CT molecular complexity index is 629. The second-order valence-electron chi connectivity index (χ2n) is 5.41. The van der Waals surface area contributed by atoms with E-state index in [4.69, 9.17) is 14.9 Å². The van der Waals surface area contributed by atoms with Gasteiger partial charge in [-0.2, -0.15) is 0 Å². The van der Waals surface area contributed by atoms with Crippen molar-refractivity contribution in [3.05, 3.63) is 36.0 Å². The summed E-state index contributed by atoms with van der Waals surface area (Å²) in [6.45, 7) is 1.45. The molecule has 25 heavy (non-hydrogen) atoms. The average molecular weight is 351 g/mol. The zero-order chi connectivity index (χ0) is 18.8. The molecule has 0 spiro atoms. The lowest BCUT2D eigenvalue weighted by atomic mass is 10.2. The number of carboxylic acids is 2. The molecule has 1 aromatic heterocycles. The normalized spacial score (nSPS) is 16.1. The fourth-order valence-corrected chi connectivity index (χ4v) is 1.86. The molecule has 0 saturated carbocycles. The third-order valence-corrected chi connectivity index (χ3v) is 3.05. The number of nitrogens with one attached hydrogen (secondary N) is 1. The largest absolute Gasteiger partial charge is 0.478 e. The predicted octanol–water partition coefficient (Wildman–Crippen LogP) is 0.236. The molecule has 1 aliphatic rings. The standard InChI is InChI=1S/C12H17N3O2.C4H4O4/c1-15(2)7-5-9-8-14-11(16)10-4-3-6-13-12(10)17-9;5-3(6)1-2-4(7)8/h3-4,6,9H,5,7-8H2,1-2H3,(H,14,16);1-2H,(H,5,6)(H,7,8)/b;2-1+. The Hall–Kier alpha value is -2.94. The van der Waals surface area contributed by atoms with Gasteiger partial charge in [-0.15, -0.1) is 0 Å². The molecule has 9 heteroatoms. The van der Waals surface area contributed by atoms with E-state index in [1.807, 2.05) is 14.1 Å². The molecule has 1 atom stereocenters. The lowest BCUT2D eigenvalue weighted by Gasteiger charge is -2.18. The Morgan fingerprint density at radius 3 is 2.56 bits per heavy atom. The summed E-state index contributed by atoms with van der Waals surface area (Å²) in [5, 5.41) is 18.5. The van der Waals surface area contributed by atoms with E-state index < -0.39 is 11.9 Å². The monoisotopic (exact) mass is 351 g/mol. The summed E-state index contributed by atoms with van der Waals surface area (Å²) >= 11 is 0.